The van der Waals surface area contributed by atoms with Crippen LogP contribution >= 0.6 is 0 Å². The summed E-state index contributed by atoms with van der Waals surface area (Å²) < 4.78 is 0. The minimum absolute atomic E-state index is 0.487. The lowest BCUT2D eigenvalue weighted by Crippen LogP contribution is -2.40. The largest absolute Gasteiger partial charge is 0.328 e. The Bertz CT molecular complexity index is 140. The van der Waals surface area contributed by atoms with Crippen molar-refractivity contribution in [1.29, 1.82) is 0 Å². The Balaban J connectivity index is 1.94. The minimum Gasteiger partial charge on any atom is -0.328 e. The van der Waals surface area contributed by atoms with Gasteiger partial charge in [-0.25, -0.2) is 0 Å². The lowest BCUT2D eigenvalue weighted by molar-refractivity contribution is 0.144. The van der Waals surface area contributed by atoms with E-state index in [0.717, 1.165) is 11.8 Å². The van der Waals surface area contributed by atoms with Crippen LogP contribution in [0.15, 0.2) is 0 Å². The van der Waals surface area contributed by atoms with Gasteiger partial charge >= 0.3 is 0 Å². The SMILES string of the molecule is N[C@@H]1CC[C@@H]2C[C@@H](N)CC[C@H]2C1. The monoisotopic (exact) mass is 168 g/mol. The maximum Gasteiger partial charge on any atom is 0.00416 e. The van der Waals surface area contributed by atoms with E-state index in [1.807, 2.05) is 0 Å². The zero-order valence-corrected chi connectivity index (χ0v) is 7.71. The molecular formula is C10H20N2. The minimum atomic E-state index is 0.487. The van der Waals surface area contributed by atoms with Crippen molar-refractivity contribution in [2.75, 3.05) is 0 Å². The fourth-order valence-electron chi connectivity index (χ4n) is 2.96. The van der Waals surface area contributed by atoms with Crippen molar-refractivity contribution in [3.63, 3.8) is 0 Å². The summed E-state index contributed by atoms with van der Waals surface area (Å²) in [6.07, 6.45) is 7.65. The highest BCUT2D eigenvalue weighted by Gasteiger charge is 2.33. The highest BCUT2D eigenvalue weighted by Crippen LogP contribution is 2.39. The van der Waals surface area contributed by atoms with Gasteiger partial charge in [0.2, 0.25) is 0 Å². The molecular weight excluding hydrogens is 148 g/mol. The predicted octanol–water partition coefficient (Wildman–Crippen LogP) is 1.24. The molecule has 2 saturated carbocycles. The van der Waals surface area contributed by atoms with Gasteiger partial charge < -0.3 is 11.5 Å². The molecule has 70 valence electrons. The van der Waals surface area contributed by atoms with Crippen molar-refractivity contribution in [2.24, 2.45) is 23.3 Å². The normalized spacial score (nSPS) is 48.5. The van der Waals surface area contributed by atoms with Gasteiger partial charge in [0.05, 0.1) is 0 Å². The van der Waals surface area contributed by atoms with Gasteiger partial charge in [-0.15, -0.1) is 0 Å². The van der Waals surface area contributed by atoms with Gasteiger partial charge in [0.1, 0.15) is 0 Å². The smallest absolute Gasteiger partial charge is 0.00416 e. The van der Waals surface area contributed by atoms with E-state index in [1.54, 1.807) is 0 Å². The molecule has 4 atom stereocenters. The molecule has 2 nitrogen and oxygen atoms in total. The summed E-state index contributed by atoms with van der Waals surface area (Å²) in [5, 5.41) is 0. The van der Waals surface area contributed by atoms with Gasteiger partial charge in [-0.05, 0) is 50.4 Å². The van der Waals surface area contributed by atoms with Crippen LogP contribution in [-0.4, -0.2) is 12.1 Å². The summed E-state index contributed by atoms with van der Waals surface area (Å²) >= 11 is 0. The number of rotatable bonds is 0. The van der Waals surface area contributed by atoms with Crippen LogP contribution in [0.3, 0.4) is 0 Å². The highest BCUT2D eigenvalue weighted by atomic mass is 14.7. The summed E-state index contributed by atoms with van der Waals surface area (Å²) in [5.41, 5.74) is 11.9. The molecule has 0 aromatic heterocycles. The molecule has 2 aliphatic rings. The second-order valence-corrected chi connectivity index (χ2v) is 4.67. The first kappa shape index (κ1) is 8.52. The molecule has 0 aromatic rings. The molecule has 12 heavy (non-hydrogen) atoms. The van der Waals surface area contributed by atoms with Crippen LogP contribution in [0.2, 0.25) is 0 Å². The van der Waals surface area contributed by atoms with E-state index >= 15 is 0 Å². The van der Waals surface area contributed by atoms with Gasteiger partial charge in [0.25, 0.3) is 0 Å². The van der Waals surface area contributed by atoms with E-state index < -0.39 is 0 Å². The van der Waals surface area contributed by atoms with E-state index in [-0.39, 0.29) is 0 Å². The third-order valence-electron chi connectivity index (χ3n) is 3.69. The number of hydrogen-bond acceptors (Lipinski definition) is 2. The van der Waals surface area contributed by atoms with Crippen molar-refractivity contribution in [2.45, 2.75) is 50.6 Å². The van der Waals surface area contributed by atoms with Gasteiger partial charge in [-0.3, -0.25) is 0 Å². The fraction of sp³-hybridized carbons (Fsp3) is 1.00. The Morgan fingerprint density at radius 1 is 0.667 bits per heavy atom. The molecule has 0 spiro atoms. The molecule has 2 aliphatic carbocycles. The third-order valence-corrected chi connectivity index (χ3v) is 3.69. The van der Waals surface area contributed by atoms with Gasteiger partial charge in [-0.2, -0.15) is 0 Å². The van der Waals surface area contributed by atoms with Crippen molar-refractivity contribution in [3.05, 3.63) is 0 Å². The van der Waals surface area contributed by atoms with E-state index in [2.05, 4.69) is 0 Å². The predicted molar refractivity (Wildman–Crippen MR) is 50.6 cm³/mol. The summed E-state index contributed by atoms with van der Waals surface area (Å²) in [6.45, 7) is 0. The van der Waals surface area contributed by atoms with Crippen LogP contribution in [0, 0.1) is 11.8 Å². The molecule has 0 saturated heterocycles. The van der Waals surface area contributed by atoms with Gasteiger partial charge in [0, 0.05) is 12.1 Å². The molecule has 0 bridgehead atoms. The Hall–Kier alpha value is -0.0800. The number of hydrogen-bond donors (Lipinski definition) is 2. The van der Waals surface area contributed by atoms with Crippen LogP contribution in [0.1, 0.15) is 38.5 Å². The molecule has 0 aliphatic heterocycles. The third kappa shape index (κ3) is 1.64. The Kier molecular flexibility index (Phi) is 2.37. The van der Waals surface area contributed by atoms with E-state index in [4.69, 9.17) is 11.5 Å². The van der Waals surface area contributed by atoms with Crippen molar-refractivity contribution in [3.8, 4) is 0 Å². The molecule has 0 aromatic carbocycles. The maximum atomic E-state index is 5.95. The standard InChI is InChI=1S/C10H20N2/c11-9-3-1-7-5-10(12)4-2-8(7)6-9/h7-10H,1-6,11-12H2/t7-,8+,9-,10+. The van der Waals surface area contributed by atoms with Gasteiger partial charge in [0.15, 0.2) is 0 Å². The molecule has 2 fully saturated rings. The second kappa shape index (κ2) is 3.35. The Morgan fingerprint density at radius 2 is 1.08 bits per heavy atom. The molecule has 4 N–H and O–H groups in total. The quantitative estimate of drug-likeness (QED) is 0.572. The van der Waals surface area contributed by atoms with Crippen LogP contribution in [0.4, 0.5) is 0 Å². The van der Waals surface area contributed by atoms with Crippen molar-refractivity contribution in [1.82, 2.24) is 0 Å². The van der Waals surface area contributed by atoms with Crippen LogP contribution < -0.4 is 11.5 Å². The molecule has 2 heteroatoms. The Morgan fingerprint density at radius 3 is 1.50 bits per heavy atom. The average molecular weight is 168 g/mol. The second-order valence-electron chi connectivity index (χ2n) is 4.67. The topological polar surface area (TPSA) is 52.0 Å². The zero-order valence-electron chi connectivity index (χ0n) is 7.71. The van der Waals surface area contributed by atoms with E-state index in [0.29, 0.717) is 12.1 Å². The summed E-state index contributed by atoms with van der Waals surface area (Å²) in [6, 6.07) is 0.973. The number of nitrogens with two attached hydrogens (primary N) is 2. The molecule has 0 amide bonds. The van der Waals surface area contributed by atoms with Crippen molar-refractivity contribution >= 4 is 0 Å². The van der Waals surface area contributed by atoms with Crippen LogP contribution in [-0.2, 0) is 0 Å². The maximum absolute atomic E-state index is 5.95. The lowest BCUT2D eigenvalue weighted by Gasteiger charge is -2.40. The molecule has 0 unspecified atom stereocenters. The van der Waals surface area contributed by atoms with E-state index in [9.17, 15) is 0 Å². The highest BCUT2D eigenvalue weighted by molar-refractivity contribution is 4.88. The van der Waals surface area contributed by atoms with Crippen LogP contribution in [0.25, 0.3) is 0 Å². The molecule has 0 heterocycles. The Labute approximate surface area is 74.7 Å². The molecule has 2 rings (SSSR count). The zero-order chi connectivity index (χ0) is 8.55. The van der Waals surface area contributed by atoms with Gasteiger partial charge in [-0.1, -0.05) is 0 Å². The fourth-order valence-corrected chi connectivity index (χ4v) is 2.96. The lowest BCUT2D eigenvalue weighted by atomic mass is 9.68. The van der Waals surface area contributed by atoms with Crippen molar-refractivity contribution < 1.29 is 0 Å². The first-order chi connectivity index (χ1) is 5.75. The first-order valence-corrected chi connectivity index (χ1v) is 5.27. The van der Waals surface area contributed by atoms with Crippen LogP contribution in [0.5, 0.6) is 0 Å². The first-order valence-electron chi connectivity index (χ1n) is 5.27. The summed E-state index contributed by atoms with van der Waals surface area (Å²) in [4.78, 5) is 0. The summed E-state index contributed by atoms with van der Waals surface area (Å²) in [7, 11) is 0. The summed E-state index contributed by atoms with van der Waals surface area (Å²) in [5.74, 6) is 1.82. The molecule has 0 radical (unpaired) electrons. The number of fused-ring (bicyclic) bond motifs is 1. The van der Waals surface area contributed by atoms with E-state index in [1.165, 1.54) is 38.5 Å². The average Bonchev–Trinajstić information content (AvgIpc) is 2.05.